The maximum atomic E-state index is 6.49. The van der Waals surface area contributed by atoms with Crippen LogP contribution in [0.1, 0.15) is 32.0 Å². The van der Waals surface area contributed by atoms with Gasteiger partial charge in [0.2, 0.25) is 0 Å². The summed E-state index contributed by atoms with van der Waals surface area (Å²) in [7, 11) is 2.13. The van der Waals surface area contributed by atoms with Gasteiger partial charge in [-0.3, -0.25) is 0 Å². The van der Waals surface area contributed by atoms with Gasteiger partial charge in [-0.1, -0.05) is 42.5 Å². The van der Waals surface area contributed by atoms with Crippen LogP contribution in [-0.4, -0.2) is 10.7 Å². The van der Waals surface area contributed by atoms with Gasteiger partial charge in [0.15, 0.2) is 5.58 Å². The van der Waals surface area contributed by atoms with Crippen molar-refractivity contribution in [3.63, 3.8) is 0 Å². The molecule has 3 aromatic carbocycles. The summed E-state index contributed by atoms with van der Waals surface area (Å²) in [6.45, 7) is 9.11. The topological polar surface area (TPSA) is 24.6 Å². The van der Waals surface area contributed by atoms with Crippen molar-refractivity contribution in [2.75, 3.05) is 9.80 Å². The van der Waals surface area contributed by atoms with E-state index >= 15 is 0 Å². The lowest BCUT2D eigenvalue weighted by atomic mass is 9.96. The van der Waals surface area contributed by atoms with Crippen molar-refractivity contribution in [3.05, 3.63) is 90.3 Å². The van der Waals surface area contributed by atoms with Crippen molar-refractivity contribution in [1.82, 2.24) is 4.57 Å². The minimum absolute atomic E-state index is 0.102. The van der Waals surface area contributed by atoms with E-state index in [0.29, 0.717) is 0 Å². The standard InChI is InChI=1S/C29H29N3O/c1-19-16-17-22-21-11-6-9-14-25(21)33-28(22)27(19)31-20(2)32(24-13-8-7-12-23(24)31)29(3,4)26-15-10-18-30(26)5/h6-18,20H,1-5H3/t20-/m1/s1. The second-order valence-corrected chi connectivity index (χ2v) is 9.63. The SMILES string of the molecule is Cc1ccc2c(oc3ccccc32)c1N1c2ccccc2N(C(C)(C)c2cccn2C)[C@@H]1C. The lowest BCUT2D eigenvalue weighted by molar-refractivity contribution is 0.425. The van der Waals surface area contributed by atoms with Crippen molar-refractivity contribution in [3.8, 4) is 0 Å². The quantitative estimate of drug-likeness (QED) is 0.294. The molecular formula is C29H29N3O. The molecule has 5 aromatic rings. The van der Waals surface area contributed by atoms with Gasteiger partial charge in [-0.2, -0.15) is 0 Å². The monoisotopic (exact) mass is 435 g/mol. The fourth-order valence-electron chi connectivity index (χ4n) is 5.86. The third kappa shape index (κ3) is 2.70. The van der Waals surface area contributed by atoms with E-state index in [1.807, 2.05) is 6.07 Å². The van der Waals surface area contributed by atoms with Crippen LogP contribution >= 0.6 is 0 Å². The van der Waals surface area contributed by atoms with Crippen LogP contribution in [0, 0.1) is 6.92 Å². The highest BCUT2D eigenvalue weighted by atomic mass is 16.3. The lowest BCUT2D eigenvalue weighted by Gasteiger charge is -2.42. The Kier molecular flexibility index (Phi) is 4.19. The number of aromatic nitrogens is 1. The Morgan fingerprint density at radius 1 is 0.818 bits per heavy atom. The van der Waals surface area contributed by atoms with Gasteiger partial charge in [0.25, 0.3) is 0 Å². The third-order valence-corrected chi connectivity index (χ3v) is 7.28. The van der Waals surface area contributed by atoms with Crippen LogP contribution in [0.4, 0.5) is 17.1 Å². The van der Waals surface area contributed by atoms with Gasteiger partial charge in [0.1, 0.15) is 11.7 Å². The number of nitrogens with zero attached hydrogens (tertiary/aromatic N) is 3. The fraction of sp³-hybridized carbons (Fsp3) is 0.241. The maximum absolute atomic E-state index is 6.49. The first-order valence-electron chi connectivity index (χ1n) is 11.6. The minimum atomic E-state index is -0.210. The van der Waals surface area contributed by atoms with E-state index in [2.05, 4.69) is 122 Å². The number of rotatable bonds is 3. The second kappa shape index (κ2) is 6.92. The summed E-state index contributed by atoms with van der Waals surface area (Å²) in [5.41, 5.74) is 7.77. The highest BCUT2D eigenvalue weighted by Gasteiger charge is 2.44. The normalized spacial score (nSPS) is 16.2. The summed E-state index contributed by atoms with van der Waals surface area (Å²) in [6.07, 6.45) is 2.23. The molecule has 0 aliphatic carbocycles. The molecule has 2 aromatic heterocycles. The van der Waals surface area contributed by atoms with Crippen LogP contribution in [0.25, 0.3) is 21.9 Å². The van der Waals surface area contributed by atoms with E-state index in [0.717, 1.165) is 27.6 Å². The van der Waals surface area contributed by atoms with Crippen LogP contribution in [0.5, 0.6) is 0 Å². The van der Waals surface area contributed by atoms with Crippen LogP contribution in [0.2, 0.25) is 0 Å². The van der Waals surface area contributed by atoms with Crippen molar-refractivity contribution >= 4 is 39.0 Å². The number of para-hydroxylation sites is 3. The van der Waals surface area contributed by atoms with Gasteiger partial charge in [-0.25, -0.2) is 0 Å². The summed E-state index contributed by atoms with van der Waals surface area (Å²) in [4.78, 5) is 5.00. The second-order valence-electron chi connectivity index (χ2n) is 9.63. The van der Waals surface area contributed by atoms with Gasteiger partial charge in [0.05, 0.1) is 22.6 Å². The number of hydrogen-bond acceptors (Lipinski definition) is 3. The molecule has 6 rings (SSSR count). The Morgan fingerprint density at radius 3 is 2.30 bits per heavy atom. The van der Waals surface area contributed by atoms with Crippen LogP contribution in [0.3, 0.4) is 0 Å². The minimum Gasteiger partial charge on any atom is -0.454 e. The number of hydrogen-bond donors (Lipinski definition) is 0. The molecular weight excluding hydrogens is 406 g/mol. The first-order valence-corrected chi connectivity index (χ1v) is 11.6. The Balaban J connectivity index is 1.60. The maximum Gasteiger partial charge on any atom is 0.159 e. The predicted molar refractivity (Wildman–Crippen MR) is 137 cm³/mol. The van der Waals surface area contributed by atoms with E-state index in [1.54, 1.807) is 0 Å². The average molecular weight is 436 g/mol. The number of aryl methyl sites for hydroxylation is 2. The van der Waals surface area contributed by atoms with Gasteiger partial charge < -0.3 is 18.8 Å². The van der Waals surface area contributed by atoms with Crippen molar-refractivity contribution in [2.45, 2.75) is 39.4 Å². The number of furan rings is 1. The number of benzene rings is 3. The molecule has 0 saturated carbocycles. The summed E-state index contributed by atoms with van der Waals surface area (Å²) < 4.78 is 8.71. The molecule has 0 unspecified atom stereocenters. The first-order chi connectivity index (χ1) is 15.9. The molecule has 0 fully saturated rings. The Bertz CT molecular complexity index is 1510. The van der Waals surface area contributed by atoms with Crippen molar-refractivity contribution in [1.29, 1.82) is 0 Å². The largest absolute Gasteiger partial charge is 0.454 e. The lowest BCUT2D eigenvalue weighted by Crippen LogP contribution is -2.50. The molecule has 3 heterocycles. The Labute approximate surface area is 194 Å². The van der Waals surface area contributed by atoms with Crippen LogP contribution in [0.15, 0.2) is 83.4 Å². The van der Waals surface area contributed by atoms with E-state index < -0.39 is 0 Å². The van der Waals surface area contributed by atoms with Gasteiger partial charge in [0, 0.05) is 29.7 Å². The van der Waals surface area contributed by atoms with Crippen molar-refractivity contribution < 1.29 is 4.42 Å². The molecule has 0 amide bonds. The molecule has 0 spiro atoms. The van der Waals surface area contributed by atoms with Gasteiger partial charge >= 0.3 is 0 Å². The number of fused-ring (bicyclic) bond motifs is 4. The average Bonchev–Trinajstić information content (AvgIpc) is 3.47. The predicted octanol–water partition coefficient (Wildman–Crippen LogP) is 7.47. The Morgan fingerprint density at radius 2 is 1.55 bits per heavy atom. The smallest absolute Gasteiger partial charge is 0.159 e. The molecule has 0 N–H and O–H groups in total. The highest BCUT2D eigenvalue weighted by molar-refractivity contribution is 6.10. The summed E-state index contributed by atoms with van der Waals surface area (Å²) in [5, 5.41) is 2.32. The van der Waals surface area contributed by atoms with Crippen LogP contribution < -0.4 is 9.80 Å². The van der Waals surface area contributed by atoms with E-state index in [4.69, 9.17) is 4.42 Å². The zero-order chi connectivity index (χ0) is 22.9. The first kappa shape index (κ1) is 20.0. The Hall–Kier alpha value is -3.66. The molecule has 1 atom stereocenters. The molecule has 33 heavy (non-hydrogen) atoms. The zero-order valence-corrected chi connectivity index (χ0v) is 19.8. The molecule has 0 saturated heterocycles. The molecule has 1 aliphatic rings. The zero-order valence-electron chi connectivity index (χ0n) is 19.8. The highest BCUT2D eigenvalue weighted by Crippen LogP contribution is 2.52. The van der Waals surface area contributed by atoms with E-state index in [1.165, 1.54) is 22.6 Å². The fourth-order valence-corrected chi connectivity index (χ4v) is 5.86. The third-order valence-electron chi connectivity index (χ3n) is 7.28. The molecule has 4 heteroatoms. The molecule has 0 radical (unpaired) electrons. The molecule has 4 nitrogen and oxygen atoms in total. The van der Waals surface area contributed by atoms with Crippen LogP contribution in [-0.2, 0) is 12.6 Å². The summed E-state index contributed by atoms with van der Waals surface area (Å²) >= 11 is 0. The molecule has 1 aliphatic heterocycles. The summed E-state index contributed by atoms with van der Waals surface area (Å²) in [6, 6.07) is 25.8. The molecule has 166 valence electrons. The number of anilines is 3. The molecule has 0 bridgehead atoms. The van der Waals surface area contributed by atoms with Gasteiger partial charge in [-0.15, -0.1) is 0 Å². The van der Waals surface area contributed by atoms with Crippen molar-refractivity contribution in [2.24, 2.45) is 7.05 Å². The van der Waals surface area contributed by atoms with E-state index in [-0.39, 0.29) is 11.7 Å². The summed E-state index contributed by atoms with van der Waals surface area (Å²) in [5.74, 6) is 0. The van der Waals surface area contributed by atoms with E-state index in [9.17, 15) is 0 Å². The van der Waals surface area contributed by atoms with Gasteiger partial charge in [-0.05, 0) is 63.6 Å².